The monoisotopic (exact) mass is 366 g/mol. The minimum atomic E-state index is -0.0739. The van der Waals surface area contributed by atoms with E-state index in [0.717, 1.165) is 33.6 Å². The number of fused-ring (bicyclic) bond motifs is 3. The second-order valence-corrected chi connectivity index (χ2v) is 9.04. The maximum absolute atomic E-state index is 6.10. The van der Waals surface area contributed by atoms with Gasteiger partial charge in [0.2, 0.25) is 0 Å². The molecule has 3 nitrogen and oxygen atoms in total. The van der Waals surface area contributed by atoms with Crippen molar-refractivity contribution in [2.24, 2.45) is 0 Å². The molecule has 1 aliphatic rings. The zero-order chi connectivity index (χ0) is 16.6. The van der Waals surface area contributed by atoms with Gasteiger partial charge >= 0.3 is 0 Å². The molecular formula is C17H22N2OS3. The predicted molar refractivity (Wildman–Crippen MR) is 102 cm³/mol. The molecule has 0 radical (unpaired) electrons. The lowest BCUT2D eigenvalue weighted by molar-refractivity contribution is -0.0543. The van der Waals surface area contributed by atoms with Gasteiger partial charge in [-0.25, -0.2) is 9.97 Å². The minimum Gasteiger partial charge on any atom is -0.369 e. The highest BCUT2D eigenvalue weighted by molar-refractivity contribution is 7.99. The molecule has 6 heteroatoms. The number of aromatic nitrogens is 2. The summed E-state index contributed by atoms with van der Waals surface area (Å²) in [4.78, 5) is 11.9. The van der Waals surface area contributed by atoms with Crippen molar-refractivity contribution in [3.63, 3.8) is 0 Å². The smallest absolute Gasteiger partial charge is 0.189 e. The van der Waals surface area contributed by atoms with Crippen molar-refractivity contribution in [3.8, 4) is 0 Å². The molecule has 1 atom stereocenters. The summed E-state index contributed by atoms with van der Waals surface area (Å²) in [6.45, 7) is 11.2. The molecule has 2 aromatic rings. The number of rotatable bonds is 5. The fourth-order valence-corrected chi connectivity index (χ4v) is 5.18. The lowest BCUT2D eigenvalue weighted by atomic mass is 9.90. The second-order valence-electron chi connectivity index (χ2n) is 6.21. The Kier molecular flexibility index (Phi) is 5.06. The molecule has 0 aromatic carbocycles. The molecule has 3 rings (SSSR count). The molecule has 0 spiro atoms. The Morgan fingerprint density at radius 2 is 2.22 bits per heavy atom. The van der Waals surface area contributed by atoms with Crippen molar-refractivity contribution < 1.29 is 4.74 Å². The quantitative estimate of drug-likeness (QED) is 0.309. The van der Waals surface area contributed by atoms with E-state index in [1.54, 1.807) is 34.9 Å². The maximum Gasteiger partial charge on any atom is 0.189 e. The van der Waals surface area contributed by atoms with Crippen LogP contribution in [0.4, 0.5) is 0 Å². The van der Waals surface area contributed by atoms with Crippen LogP contribution in [0.2, 0.25) is 0 Å². The van der Waals surface area contributed by atoms with Crippen molar-refractivity contribution in [1.82, 2.24) is 9.97 Å². The van der Waals surface area contributed by atoms with E-state index in [1.807, 2.05) is 6.26 Å². The number of hydrogen-bond acceptors (Lipinski definition) is 6. The summed E-state index contributed by atoms with van der Waals surface area (Å²) in [5, 5.41) is 3.19. The highest BCUT2D eigenvalue weighted by atomic mass is 32.2. The van der Waals surface area contributed by atoms with Gasteiger partial charge in [-0.3, -0.25) is 0 Å². The van der Waals surface area contributed by atoms with E-state index in [0.29, 0.717) is 6.61 Å². The maximum atomic E-state index is 6.10. The van der Waals surface area contributed by atoms with Crippen LogP contribution in [-0.2, 0) is 17.8 Å². The number of ether oxygens (including phenoxy) is 1. The van der Waals surface area contributed by atoms with E-state index in [9.17, 15) is 0 Å². The first-order chi connectivity index (χ1) is 11.0. The van der Waals surface area contributed by atoms with Gasteiger partial charge in [-0.2, -0.15) is 0 Å². The van der Waals surface area contributed by atoms with Gasteiger partial charge in [0, 0.05) is 22.4 Å². The van der Waals surface area contributed by atoms with Crippen LogP contribution in [0.25, 0.3) is 10.2 Å². The van der Waals surface area contributed by atoms with Crippen molar-refractivity contribution in [3.05, 3.63) is 22.6 Å². The lowest BCUT2D eigenvalue weighted by Crippen LogP contribution is -2.33. The summed E-state index contributed by atoms with van der Waals surface area (Å²) < 4.78 is 6.10. The first-order valence-electron chi connectivity index (χ1n) is 7.73. The number of hydrogen-bond donors (Lipinski definition) is 0. The topological polar surface area (TPSA) is 35.0 Å². The molecule has 124 valence electrons. The van der Waals surface area contributed by atoms with Gasteiger partial charge in [0.05, 0.1) is 12.2 Å². The molecule has 0 aliphatic carbocycles. The predicted octanol–water partition coefficient (Wildman–Crippen LogP) is 5.32. The zero-order valence-corrected chi connectivity index (χ0v) is 16.5. The normalized spacial score (nSPS) is 20.7. The van der Waals surface area contributed by atoms with Gasteiger partial charge in [0.1, 0.15) is 9.86 Å². The van der Waals surface area contributed by atoms with Crippen molar-refractivity contribution in [1.29, 1.82) is 0 Å². The average Bonchev–Trinajstić information content (AvgIpc) is 2.89. The Bertz CT molecular complexity index is 756. The van der Waals surface area contributed by atoms with Gasteiger partial charge in [0.15, 0.2) is 5.16 Å². The van der Waals surface area contributed by atoms with Crippen LogP contribution in [0.1, 0.15) is 37.6 Å². The standard InChI is InChI=1S/C17H22N2OS3/c1-6-17(4)7-11-12(8-20-17)23-15-13(11)14(22-9-10(2)3)18-16(19-15)21-5/h2,6-9H2,1,3-5H3/t17-/m0/s1. The van der Waals surface area contributed by atoms with E-state index in [1.165, 1.54) is 21.4 Å². The molecule has 2 aromatic heterocycles. The largest absolute Gasteiger partial charge is 0.369 e. The van der Waals surface area contributed by atoms with Crippen LogP contribution in [-0.4, -0.2) is 27.6 Å². The summed E-state index contributed by atoms with van der Waals surface area (Å²) in [5.41, 5.74) is 2.49. The Labute approximate surface area is 150 Å². The summed E-state index contributed by atoms with van der Waals surface area (Å²) in [6.07, 6.45) is 3.99. The summed E-state index contributed by atoms with van der Waals surface area (Å²) >= 11 is 5.14. The SMILES string of the molecule is C=C(C)CSc1nc(SC)nc2sc3c(c12)C[C@](C)(CC)OC3. The fourth-order valence-electron chi connectivity index (χ4n) is 2.63. The van der Waals surface area contributed by atoms with Crippen LogP contribution >= 0.6 is 34.9 Å². The van der Waals surface area contributed by atoms with Crippen molar-refractivity contribution >= 4 is 45.1 Å². The van der Waals surface area contributed by atoms with Crippen LogP contribution in [0.5, 0.6) is 0 Å². The molecule has 0 bridgehead atoms. The molecule has 23 heavy (non-hydrogen) atoms. The Morgan fingerprint density at radius 3 is 2.87 bits per heavy atom. The summed E-state index contributed by atoms with van der Waals surface area (Å²) in [7, 11) is 0. The van der Waals surface area contributed by atoms with Gasteiger partial charge < -0.3 is 4.74 Å². The van der Waals surface area contributed by atoms with Crippen LogP contribution in [0, 0.1) is 0 Å². The highest BCUT2D eigenvalue weighted by Crippen LogP contribution is 2.43. The van der Waals surface area contributed by atoms with Crippen LogP contribution < -0.4 is 0 Å². The summed E-state index contributed by atoms with van der Waals surface area (Å²) in [5.74, 6) is 0.895. The average molecular weight is 367 g/mol. The highest BCUT2D eigenvalue weighted by Gasteiger charge is 2.33. The number of nitrogens with zero attached hydrogens (tertiary/aromatic N) is 2. The second kappa shape index (κ2) is 6.75. The molecule has 0 saturated heterocycles. The lowest BCUT2D eigenvalue weighted by Gasteiger charge is -2.33. The third-order valence-electron chi connectivity index (χ3n) is 4.17. The van der Waals surface area contributed by atoms with E-state index in [-0.39, 0.29) is 5.60 Å². The Balaban J connectivity index is 2.12. The zero-order valence-electron chi connectivity index (χ0n) is 14.1. The van der Waals surface area contributed by atoms with E-state index >= 15 is 0 Å². The molecule has 0 amide bonds. The molecule has 0 unspecified atom stereocenters. The minimum absolute atomic E-state index is 0.0739. The first-order valence-corrected chi connectivity index (χ1v) is 10.8. The van der Waals surface area contributed by atoms with Crippen LogP contribution in [0.15, 0.2) is 22.3 Å². The molecule has 0 saturated carbocycles. The molecule has 0 N–H and O–H groups in total. The van der Waals surface area contributed by atoms with Crippen molar-refractivity contribution in [2.75, 3.05) is 12.0 Å². The first kappa shape index (κ1) is 17.3. The van der Waals surface area contributed by atoms with Gasteiger partial charge in [0.25, 0.3) is 0 Å². The van der Waals surface area contributed by atoms with Gasteiger partial charge in [-0.15, -0.1) is 23.1 Å². The molecule has 3 heterocycles. The summed E-state index contributed by atoms with van der Waals surface area (Å²) in [6, 6.07) is 0. The van der Waals surface area contributed by atoms with Gasteiger partial charge in [-0.1, -0.05) is 30.8 Å². The molecule has 1 aliphatic heterocycles. The Morgan fingerprint density at radius 1 is 1.43 bits per heavy atom. The third kappa shape index (κ3) is 3.45. The van der Waals surface area contributed by atoms with E-state index in [4.69, 9.17) is 14.7 Å². The van der Waals surface area contributed by atoms with Crippen molar-refractivity contribution in [2.45, 2.75) is 56.0 Å². The third-order valence-corrected chi connectivity index (χ3v) is 7.02. The number of thiophene rings is 1. The van der Waals surface area contributed by atoms with Crippen LogP contribution in [0.3, 0.4) is 0 Å². The Hall–Kier alpha value is -0.560. The number of thioether (sulfide) groups is 2. The molecule has 0 fully saturated rings. The van der Waals surface area contributed by atoms with E-state index < -0.39 is 0 Å². The van der Waals surface area contributed by atoms with E-state index in [2.05, 4.69) is 27.4 Å². The van der Waals surface area contributed by atoms with Gasteiger partial charge in [-0.05, 0) is 32.1 Å². The molecular weight excluding hydrogens is 344 g/mol. The fraction of sp³-hybridized carbons (Fsp3) is 0.529.